The van der Waals surface area contributed by atoms with Gasteiger partial charge in [-0.05, 0) is 148 Å². The van der Waals surface area contributed by atoms with Crippen molar-refractivity contribution in [3.05, 3.63) is 278 Å². The maximum absolute atomic E-state index is 4.61. The summed E-state index contributed by atoms with van der Waals surface area (Å²) < 4.78 is 2.41. The van der Waals surface area contributed by atoms with Crippen LogP contribution in [0.25, 0.3) is 66.6 Å². The minimum absolute atomic E-state index is 0.105. The third-order valence-electron chi connectivity index (χ3n) is 14.0. The molecule has 2 aromatic heterocycles. The Labute approximate surface area is 402 Å². The van der Waals surface area contributed by atoms with Crippen molar-refractivity contribution in [1.82, 2.24) is 9.55 Å². The zero-order valence-electron chi connectivity index (χ0n) is 37.8. The first-order chi connectivity index (χ1) is 34.2. The SMILES string of the molecule is C1=CC2C(C=C1c1ccc3c(c1)c1cc(-c4ccccc4)ccc1n3-c1ccc(-c3ccccn3)cc1)c1cc(-c3ccccc3)ccc1N2c1ccc(N(c2ccccc2)c2ccccc2)cc1. The molecule has 2 unspecified atom stereocenters. The van der Waals surface area contributed by atoms with E-state index in [-0.39, 0.29) is 12.0 Å². The molecule has 9 aromatic carbocycles. The van der Waals surface area contributed by atoms with Crippen LogP contribution in [0, 0.1) is 0 Å². The molecule has 0 spiro atoms. The molecule has 0 saturated heterocycles. The fraction of sp³-hybridized carbons (Fsp3) is 0.0308. The van der Waals surface area contributed by atoms with E-state index >= 15 is 0 Å². The van der Waals surface area contributed by atoms with E-state index in [9.17, 15) is 0 Å². The number of anilines is 5. The number of fused-ring (bicyclic) bond motifs is 6. The van der Waals surface area contributed by atoms with E-state index in [1.807, 2.05) is 18.3 Å². The number of rotatable bonds is 9. The summed E-state index contributed by atoms with van der Waals surface area (Å²) in [4.78, 5) is 9.47. The van der Waals surface area contributed by atoms with Crippen molar-refractivity contribution in [3.63, 3.8) is 0 Å². The van der Waals surface area contributed by atoms with Gasteiger partial charge in [0.15, 0.2) is 0 Å². The molecule has 0 N–H and O–H groups in total. The Bertz CT molecular complexity index is 3650. The second kappa shape index (κ2) is 17.0. The number of para-hydroxylation sites is 2. The molecule has 2 atom stereocenters. The molecular formula is C65H46N4. The number of hydrogen-bond acceptors (Lipinski definition) is 3. The van der Waals surface area contributed by atoms with Crippen LogP contribution in [0.5, 0.6) is 0 Å². The van der Waals surface area contributed by atoms with Crippen LogP contribution in [0.2, 0.25) is 0 Å². The van der Waals surface area contributed by atoms with Crippen molar-refractivity contribution in [2.75, 3.05) is 9.80 Å². The van der Waals surface area contributed by atoms with Crippen LogP contribution in [0.1, 0.15) is 17.0 Å². The van der Waals surface area contributed by atoms with Gasteiger partial charge in [-0.15, -0.1) is 0 Å². The van der Waals surface area contributed by atoms with E-state index in [2.05, 4.69) is 268 Å². The number of nitrogens with zero attached hydrogens (tertiary/aromatic N) is 4. The number of hydrogen-bond donors (Lipinski definition) is 0. The van der Waals surface area contributed by atoms with Gasteiger partial charge >= 0.3 is 0 Å². The van der Waals surface area contributed by atoms with E-state index in [1.165, 1.54) is 72.1 Å². The van der Waals surface area contributed by atoms with Crippen LogP contribution in [-0.4, -0.2) is 15.6 Å². The Morgan fingerprint density at radius 1 is 0.406 bits per heavy atom. The molecule has 0 amide bonds. The van der Waals surface area contributed by atoms with Crippen LogP contribution in [0.4, 0.5) is 28.4 Å². The largest absolute Gasteiger partial charge is 0.333 e. The molecule has 69 heavy (non-hydrogen) atoms. The molecule has 4 heteroatoms. The number of aromatic nitrogens is 2. The summed E-state index contributed by atoms with van der Waals surface area (Å²) in [5.74, 6) is 0.132. The second-order valence-electron chi connectivity index (χ2n) is 18.0. The molecular weight excluding hydrogens is 837 g/mol. The minimum Gasteiger partial charge on any atom is -0.333 e. The van der Waals surface area contributed by atoms with Gasteiger partial charge in [-0.1, -0.05) is 152 Å². The van der Waals surface area contributed by atoms with Gasteiger partial charge in [0.25, 0.3) is 0 Å². The van der Waals surface area contributed by atoms with Gasteiger partial charge in [0.2, 0.25) is 0 Å². The first kappa shape index (κ1) is 40.3. The highest BCUT2D eigenvalue weighted by Crippen LogP contribution is 2.51. The van der Waals surface area contributed by atoms with Crippen molar-refractivity contribution in [1.29, 1.82) is 0 Å². The molecule has 0 fully saturated rings. The van der Waals surface area contributed by atoms with E-state index in [4.69, 9.17) is 0 Å². The maximum atomic E-state index is 4.61. The Kier molecular flexibility index (Phi) is 9.94. The lowest BCUT2D eigenvalue weighted by Crippen LogP contribution is -2.29. The first-order valence-corrected chi connectivity index (χ1v) is 23.8. The monoisotopic (exact) mass is 882 g/mol. The van der Waals surface area contributed by atoms with Crippen LogP contribution in [0.3, 0.4) is 0 Å². The van der Waals surface area contributed by atoms with Crippen molar-refractivity contribution in [2.24, 2.45) is 0 Å². The van der Waals surface area contributed by atoms with Gasteiger partial charge < -0.3 is 14.4 Å². The Morgan fingerprint density at radius 3 is 1.55 bits per heavy atom. The van der Waals surface area contributed by atoms with E-state index < -0.39 is 0 Å². The van der Waals surface area contributed by atoms with Crippen molar-refractivity contribution in [3.8, 4) is 39.2 Å². The molecule has 1 aliphatic carbocycles. The minimum atomic E-state index is 0.105. The van der Waals surface area contributed by atoms with E-state index in [0.29, 0.717) is 0 Å². The van der Waals surface area contributed by atoms with Gasteiger partial charge in [-0.2, -0.15) is 0 Å². The predicted molar refractivity (Wildman–Crippen MR) is 288 cm³/mol. The Morgan fingerprint density at radius 2 is 0.928 bits per heavy atom. The fourth-order valence-corrected chi connectivity index (χ4v) is 10.7. The Balaban J connectivity index is 0.911. The highest BCUT2D eigenvalue weighted by atomic mass is 15.2. The van der Waals surface area contributed by atoms with Crippen molar-refractivity contribution >= 4 is 55.8 Å². The van der Waals surface area contributed by atoms with Gasteiger partial charge in [-0.3, -0.25) is 4.98 Å². The molecule has 11 aromatic rings. The van der Waals surface area contributed by atoms with Gasteiger partial charge in [0.05, 0.1) is 22.8 Å². The smallest absolute Gasteiger partial charge is 0.0701 e. The van der Waals surface area contributed by atoms with Gasteiger partial charge in [0, 0.05) is 62.6 Å². The van der Waals surface area contributed by atoms with Gasteiger partial charge in [0.1, 0.15) is 0 Å². The zero-order chi connectivity index (χ0) is 45.7. The van der Waals surface area contributed by atoms with E-state index in [1.54, 1.807) is 0 Å². The molecule has 4 nitrogen and oxygen atoms in total. The van der Waals surface area contributed by atoms with Crippen molar-refractivity contribution in [2.45, 2.75) is 12.0 Å². The lowest BCUT2D eigenvalue weighted by molar-refractivity contribution is 0.747. The van der Waals surface area contributed by atoms with Crippen molar-refractivity contribution < 1.29 is 0 Å². The highest BCUT2D eigenvalue weighted by Gasteiger charge is 2.39. The third-order valence-corrected chi connectivity index (χ3v) is 14.0. The first-order valence-electron chi connectivity index (χ1n) is 23.8. The molecule has 2 aliphatic rings. The third kappa shape index (κ3) is 7.22. The molecule has 3 heterocycles. The van der Waals surface area contributed by atoms with E-state index in [0.717, 1.165) is 34.0 Å². The molecule has 1 aliphatic heterocycles. The maximum Gasteiger partial charge on any atom is 0.0701 e. The number of pyridine rings is 1. The average molecular weight is 883 g/mol. The van der Waals surface area contributed by atoms with Crippen LogP contribution < -0.4 is 9.80 Å². The molecule has 0 radical (unpaired) electrons. The summed E-state index contributed by atoms with van der Waals surface area (Å²) in [6.45, 7) is 0. The van der Waals surface area contributed by atoms with Crippen LogP contribution >= 0.6 is 0 Å². The molecule has 0 saturated carbocycles. The summed E-state index contributed by atoms with van der Waals surface area (Å²) >= 11 is 0. The summed E-state index contributed by atoms with van der Waals surface area (Å²) in [6, 6.07) is 87.8. The predicted octanol–water partition coefficient (Wildman–Crippen LogP) is 16.9. The molecule has 0 bridgehead atoms. The number of benzene rings is 9. The Hall–Kier alpha value is -8.99. The van der Waals surface area contributed by atoms with Crippen LogP contribution in [-0.2, 0) is 0 Å². The summed E-state index contributed by atoms with van der Waals surface area (Å²) in [6.07, 6.45) is 9.15. The van der Waals surface area contributed by atoms with Gasteiger partial charge in [-0.25, -0.2) is 0 Å². The summed E-state index contributed by atoms with van der Waals surface area (Å²) in [5.41, 5.74) is 19.9. The lowest BCUT2D eigenvalue weighted by atomic mass is 9.85. The zero-order valence-corrected chi connectivity index (χ0v) is 37.8. The highest BCUT2D eigenvalue weighted by molar-refractivity contribution is 6.11. The molecule has 326 valence electrons. The standard InChI is InChI=1S/C65H46N4/c1-5-15-45(16-6-1)48-26-36-62-57(41-48)59-43-50(28-38-64(59)68(62)55-30-24-47(25-31-55)61-23-13-14-40-66-61)51-29-39-65-60(44-51)58-42-49(46-17-7-2-8-18-46)27-37-63(58)69(65)56-34-32-54(33-35-56)67(52-19-9-3-10-20-52)53-21-11-4-12-22-53/h1-44,60,65H. The summed E-state index contributed by atoms with van der Waals surface area (Å²) in [5, 5.41) is 2.46. The van der Waals surface area contributed by atoms with Crippen LogP contribution in [0.15, 0.2) is 267 Å². The quantitative estimate of drug-likeness (QED) is 0.144. The average Bonchev–Trinajstić information content (AvgIpc) is 3.94. The normalized spacial score (nSPS) is 15.0. The fourth-order valence-electron chi connectivity index (χ4n) is 10.7. The second-order valence-corrected chi connectivity index (χ2v) is 18.0. The lowest BCUT2D eigenvalue weighted by Gasteiger charge is -2.31. The topological polar surface area (TPSA) is 24.3 Å². The molecule has 13 rings (SSSR count). The number of allylic oxidation sites excluding steroid dienone is 2. The summed E-state index contributed by atoms with van der Waals surface area (Å²) in [7, 11) is 0.